The van der Waals surface area contributed by atoms with E-state index < -0.39 is 0 Å². The summed E-state index contributed by atoms with van der Waals surface area (Å²) in [6.45, 7) is 3.55. The molecule has 2 aromatic rings. The van der Waals surface area contributed by atoms with Crippen LogP contribution in [0.3, 0.4) is 0 Å². The molecule has 0 spiro atoms. The van der Waals surface area contributed by atoms with Crippen LogP contribution in [0.15, 0.2) is 24.3 Å². The Balaban J connectivity index is 2.55. The molecule has 0 saturated heterocycles. The Morgan fingerprint density at radius 1 is 1.37 bits per heavy atom. The number of ether oxygens (including phenoxy) is 1. The van der Waals surface area contributed by atoms with Gasteiger partial charge in [0.15, 0.2) is 0 Å². The highest BCUT2D eigenvalue weighted by atomic mass is 16.5. The van der Waals surface area contributed by atoms with Crippen LogP contribution in [0.25, 0.3) is 10.9 Å². The predicted molar refractivity (Wildman–Crippen MR) is 73.2 cm³/mol. The number of nitrogens with one attached hydrogen (secondary N) is 1. The van der Waals surface area contributed by atoms with Crippen molar-refractivity contribution in [3.8, 4) is 0 Å². The fraction of sp³-hybridized carbons (Fsp3) is 0.286. The van der Waals surface area contributed by atoms with Crippen LogP contribution >= 0.6 is 0 Å². The molecule has 0 unspecified atom stereocenters. The quantitative estimate of drug-likeness (QED) is 0.861. The first-order valence-electron chi connectivity index (χ1n) is 6.07. The molecule has 0 aliphatic heterocycles. The first-order chi connectivity index (χ1) is 9.04. The van der Waals surface area contributed by atoms with Gasteiger partial charge in [0.25, 0.3) is 0 Å². The Kier molecular flexibility index (Phi) is 3.55. The lowest BCUT2D eigenvalue weighted by atomic mass is 10.2. The number of amides is 1. The second kappa shape index (κ2) is 5.14. The number of anilines is 1. The molecular formula is C14H16N2O3. The van der Waals surface area contributed by atoms with Gasteiger partial charge in [0.2, 0.25) is 5.91 Å². The Morgan fingerprint density at radius 3 is 2.74 bits per heavy atom. The van der Waals surface area contributed by atoms with Gasteiger partial charge in [-0.1, -0.05) is 6.07 Å². The van der Waals surface area contributed by atoms with Gasteiger partial charge in [0, 0.05) is 19.4 Å². The number of aromatic nitrogens is 1. The minimum absolute atomic E-state index is 0.144. The molecule has 5 nitrogen and oxygen atoms in total. The molecular weight excluding hydrogens is 244 g/mol. The number of fused-ring (bicyclic) bond motifs is 1. The highest BCUT2D eigenvalue weighted by molar-refractivity contribution is 6.04. The lowest BCUT2D eigenvalue weighted by molar-refractivity contribution is -0.114. The van der Waals surface area contributed by atoms with Crippen LogP contribution < -0.4 is 5.32 Å². The lowest BCUT2D eigenvalue weighted by Crippen LogP contribution is -2.09. The minimum Gasteiger partial charge on any atom is -0.461 e. The summed E-state index contributed by atoms with van der Waals surface area (Å²) in [5.41, 5.74) is 2.03. The summed E-state index contributed by atoms with van der Waals surface area (Å²) in [5.74, 6) is -0.510. The number of hydrogen-bond acceptors (Lipinski definition) is 3. The van der Waals surface area contributed by atoms with Crippen LogP contribution in [-0.4, -0.2) is 23.1 Å². The zero-order chi connectivity index (χ0) is 14.0. The van der Waals surface area contributed by atoms with Crippen LogP contribution in [0.2, 0.25) is 0 Å². The van der Waals surface area contributed by atoms with Crippen LogP contribution in [0, 0.1) is 0 Å². The van der Waals surface area contributed by atoms with Crippen molar-refractivity contribution >= 4 is 28.5 Å². The summed E-state index contributed by atoms with van der Waals surface area (Å²) < 4.78 is 6.77. The van der Waals surface area contributed by atoms with Crippen molar-refractivity contribution < 1.29 is 14.3 Å². The molecule has 2 rings (SSSR count). The van der Waals surface area contributed by atoms with Crippen molar-refractivity contribution in [2.75, 3.05) is 11.9 Å². The normalized spacial score (nSPS) is 10.5. The Hall–Kier alpha value is -2.30. The third-order valence-electron chi connectivity index (χ3n) is 2.88. The highest BCUT2D eigenvalue weighted by Gasteiger charge is 2.16. The standard InChI is InChI=1S/C14H16N2O3/c1-4-19-14(18)13-8-10-11(15-9(2)17)6-5-7-12(10)16(13)3/h5-8H,4H2,1-3H3,(H,15,17). The summed E-state index contributed by atoms with van der Waals surface area (Å²) in [6.07, 6.45) is 0. The average molecular weight is 260 g/mol. The number of aryl methyl sites for hydroxylation is 1. The number of benzene rings is 1. The Bertz CT molecular complexity index is 643. The van der Waals surface area contributed by atoms with E-state index in [0.29, 0.717) is 18.0 Å². The molecule has 0 saturated carbocycles. The molecule has 1 aromatic heterocycles. The van der Waals surface area contributed by atoms with E-state index in [2.05, 4.69) is 5.32 Å². The molecule has 0 atom stereocenters. The first kappa shape index (κ1) is 13.1. The SMILES string of the molecule is CCOC(=O)c1cc2c(NC(C)=O)cccc2n1C. The summed E-state index contributed by atoms with van der Waals surface area (Å²) in [4.78, 5) is 23.0. The van der Waals surface area contributed by atoms with E-state index in [1.54, 1.807) is 30.7 Å². The molecule has 0 bridgehead atoms. The van der Waals surface area contributed by atoms with Gasteiger partial charge in [-0.05, 0) is 25.1 Å². The van der Waals surface area contributed by atoms with Gasteiger partial charge in [-0.15, -0.1) is 0 Å². The molecule has 1 N–H and O–H groups in total. The largest absolute Gasteiger partial charge is 0.461 e. The van der Waals surface area contributed by atoms with Gasteiger partial charge < -0.3 is 14.6 Å². The van der Waals surface area contributed by atoms with Crippen LogP contribution in [0.1, 0.15) is 24.3 Å². The van der Waals surface area contributed by atoms with Gasteiger partial charge >= 0.3 is 5.97 Å². The van der Waals surface area contributed by atoms with Crippen molar-refractivity contribution in [1.29, 1.82) is 0 Å². The van der Waals surface area contributed by atoms with E-state index >= 15 is 0 Å². The highest BCUT2D eigenvalue weighted by Crippen LogP contribution is 2.26. The monoisotopic (exact) mass is 260 g/mol. The van der Waals surface area contributed by atoms with Gasteiger partial charge in [-0.25, -0.2) is 4.79 Å². The Labute approximate surface area is 111 Å². The van der Waals surface area contributed by atoms with Crippen molar-refractivity contribution in [1.82, 2.24) is 4.57 Å². The molecule has 1 amide bonds. The second-order valence-corrected chi connectivity index (χ2v) is 4.23. The average Bonchev–Trinajstić information content (AvgIpc) is 2.68. The number of carbonyl (C=O) groups is 2. The van der Waals surface area contributed by atoms with Crippen molar-refractivity contribution in [3.63, 3.8) is 0 Å². The van der Waals surface area contributed by atoms with Gasteiger partial charge in [0.1, 0.15) is 5.69 Å². The molecule has 0 aliphatic rings. The number of rotatable bonds is 3. The van der Waals surface area contributed by atoms with Gasteiger partial charge in [-0.3, -0.25) is 4.79 Å². The number of hydrogen-bond donors (Lipinski definition) is 1. The van der Waals surface area contributed by atoms with E-state index in [1.165, 1.54) is 6.92 Å². The molecule has 0 aliphatic carbocycles. The van der Waals surface area contributed by atoms with Crippen LogP contribution in [-0.2, 0) is 16.6 Å². The first-order valence-corrected chi connectivity index (χ1v) is 6.07. The third kappa shape index (κ3) is 2.45. The number of carbonyl (C=O) groups excluding carboxylic acids is 2. The van der Waals surface area contributed by atoms with Crippen LogP contribution in [0.4, 0.5) is 5.69 Å². The zero-order valence-corrected chi connectivity index (χ0v) is 11.2. The third-order valence-corrected chi connectivity index (χ3v) is 2.88. The molecule has 0 fully saturated rings. The Morgan fingerprint density at radius 2 is 2.11 bits per heavy atom. The maximum atomic E-state index is 11.8. The lowest BCUT2D eigenvalue weighted by Gasteiger charge is -2.05. The van der Waals surface area contributed by atoms with Crippen LogP contribution in [0.5, 0.6) is 0 Å². The molecule has 1 aromatic carbocycles. The van der Waals surface area contributed by atoms with Gasteiger partial charge in [0.05, 0.1) is 17.8 Å². The van der Waals surface area contributed by atoms with E-state index in [4.69, 9.17) is 4.74 Å². The van der Waals surface area contributed by atoms with Crippen molar-refractivity contribution in [3.05, 3.63) is 30.0 Å². The summed E-state index contributed by atoms with van der Waals surface area (Å²) in [7, 11) is 1.80. The maximum absolute atomic E-state index is 11.8. The number of esters is 1. The molecule has 19 heavy (non-hydrogen) atoms. The summed E-state index contributed by atoms with van der Waals surface area (Å²) >= 11 is 0. The van der Waals surface area contributed by atoms with E-state index in [1.807, 2.05) is 12.1 Å². The van der Waals surface area contributed by atoms with Crippen molar-refractivity contribution in [2.45, 2.75) is 13.8 Å². The second-order valence-electron chi connectivity index (χ2n) is 4.23. The minimum atomic E-state index is -0.366. The maximum Gasteiger partial charge on any atom is 0.354 e. The molecule has 100 valence electrons. The van der Waals surface area contributed by atoms with Gasteiger partial charge in [-0.2, -0.15) is 0 Å². The summed E-state index contributed by atoms with van der Waals surface area (Å²) in [6, 6.07) is 7.27. The topological polar surface area (TPSA) is 60.3 Å². The van der Waals surface area contributed by atoms with E-state index in [-0.39, 0.29) is 11.9 Å². The van der Waals surface area contributed by atoms with Crippen molar-refractivity contribution in [2.24, 2.45) is 7.05 Å². The summed E-state index contributed by atoms with van der Waals surface area (Å²) in [5, 5.41) is 3.58. The fourth-order valence-corrected chi connectivity index (χ4v) is 2.06. The molecule has 0 radical (unpaired) electrons. The predicted octanol–water partition coefficient (Wildman–Crippen LogP) is 2.31. The molecule has 1 heterocycles. The number of nitrogens with zero attached hydrogens (tertiary/aromatic N) is 1. The molecule has 5 heteroatoms. The smallest absolute Gasteiger partial charge is 0.354 e. The van der Waals surface area contributed by atoms with E-state index in [0.717, 1.165) is 10.9 Å². The van der Waals surface area contributed by atoms with E-state index in [9.17, 15) is 9.59 Å². The zero-order valence-electron chi connectivity index (χ0n) is 11.2. The fourth-order valence-electron chi connectivity index (χ4n) is 2.06.